The summed E-state index contributed by atoms with van der Waals surface area (Å²) in [6, 6.07) is 7.05. The third kappa shape index (κ3) is 3.65. The fourth-order valence-corrected chi connectivity index (χ4v) is 2.77. The number of nitrogens with zero attached hydrogens (tertiary/aromatic N) is 1. The van der Waals surface area contributed by atoms with Crippen LogP contribution in [0.1, 0.15) is 24.8 Å². The van der Waals surface area contributed by atoms with E-state index in [-0.39, 0.29) is 17.2 Å². The van der Waals surface area contributed by atoms with E-state index >= 15 is 0 Å². The van der Waals surface area contributed by atoms with Crippen LogP contribution in [0.5, 0.6) is 0 Å². The summed E-state index contributed by atoms with van der Waals surface area (Å²) in [7, 11) is 0. The zero-order chi connectivity index (χ0) is 14.4. The number of para-hydroxylation sites is 1. The molecule has 1 aliphatic heterocycles. The molecule has 2 N–H and O–H groups in total. The van der Waals surface area contributed by atoms with Crippen LogP contribution in [-0.2, 0) is 0 Å². The molecule has 1 aromatic rings. The van der Waals surface area contributed by atoms with Crippen molar-refractivity contribution in [3.8, 4) is 0 Å². The van der Waals surface area contributed by atoms with E-state index in [9.17, 15) is 15.2 Å². The Morgan fingerprint density at radius 2 is 2.20 bits per heavy atom. The molecule has 20 heavy (non-hydrogen) atoms. The highest BCUT2D eigenvalue weighted by molar-refractivity contribution is 5.60. The minimum atomic E-state index is -0.357. The third-order valence-corrected chi connectivity index (χ3v) is 3.91. The van der Waals surface area contributed by atoms with E-state index in [1.165, 1.54) is 23.8 Å². The second-order valence-electron chi connectivity index (χ2n) is 5.21. The van der Waals surface area contributed by atoms with Crippen molar-refractivity contribution >= 4 is 11.8 Å². The van der Waals surface area contributed by atoms with Crippen molar-refractivity contribution < 1.29 is 14.9 Å². The maximum Gasteiger partial charge on any atom is 0.276 e. The van der Waals surface area contributed by atoms with E-state index in [0.717, 1.165) is 19.5 Å². The summed E-state index contributed by atoms with van der Waals surface area (Å²) in [5, 5.41) is 20.3. The third-order valence-electron chi connectivity index (χ3n) is 3.91. The SMILES string of the molecule is O=[N+]([O-])c1ccccc1/C=C/C[NH+]1CCCC[C@H]1CO. The van der Waals surface area contributed by atoms with Crippen LogP contribution in [0.3, 0.4) is 0 Å². The van der Waals surface area contributed by atoms with Gasteiger partial charge in [-0.05, 0) is 31.1 Å². The van der Waals surface area contributed by atoms with Gasteiger partial charge in [0.15, 0.2) is 0 Å². The van der Waals surface area contributed by atoms with E-state index in [4.69, 9.17) is 0 Å². The molecule has 108 valence electrons. The molecule has 2 rings (SSSR count). The molecule has 2 atom stereocenters. The average Bonchev–Trinajstić information content (AvgIpc) is 2.48. The molecule has 1 heterocycles. The number of piperidine rings is 1. The molecule has 1 aliphatic rings. The predicted molar refractivity (Wildman–Crippen MR) is 77.6 cm³/mol. The molecular weight excluding hydrogens is 256 g/mol. The van der Waals surface area contributed by atoms with E-state index in [1.807, 2.05) is 12.2 Å². The van der Waals surface area contributed by atoms with Crippen molar-refractivity contribution in [3.63, 3.8) is 0 Å². The zero-order valence-corrected chi connectivity index (χ0v) is 11.5. The van der Waals surface area contributed by atoms with E-state index in [0.29, 0.717) is 11.6 Å². The van der Waals surface area contributed by atoms with E-state index in [1.54, 1.807) is 18.2 Å². The lowest BCUT2D eigenvalue weighted by molar-refractivity contribution is -0.925. The minimum Gasteiger partial charge on any atom is -0.390 e. The van der Waals surface area contributed by atoms with Gasteiger partial charge in [0.05, 0.1) is 30.2 Å². The lowest BCUT2D eigenvalue weighted by Gasteiger charge is -2.30. The van der Waals surface area contributed by atoms with E-state index < -0.39 is 0 Å². The molecule has 0 aromatic heterocycles. The molecule has 0 amide bonds. The molecule has 0 aliphatic carbocycles. The first kappa shape index (κ1) is 14.7. The molecule has 0 spiro atoms. The predicted octanol–water partition coefficient (Wildman–Crippen LogP) is 1.04. The summed E-state index contributed by atoms with van der Waals surface area (Å²) in [6.45, 7) is 2.08. The smallest absolute Gasteiger partial charge is 0.276 e. The molecule has 5 heteroatoms. The van der Waals surface area contributed by atoms with Crippen LogP contribution in [0.15, 0.2) is 30.3 Å². The van der Waals surface area contributed by atoms with Crippen LogP contribution in [0.25, 0.3) is 6.08 Å². The van der Waals surface area contributed by atoms with Crippen LogP contribution in [-0.4, -0.2) is 35.8 Å². The van der Waals surface area contributed by atoms with Crippen molar-refractivity contribution in [1.82, 2.24) is 0 Å². The zero-order valence-electron chi connectivity index (χ0n) is 11.5. The van der Waals surface area contributed by atoms with Gasteiger partial charge in [-0.25, -0.2) is 0 Å². The molecule has 0 bridgehead atoms. The molecular formula is C15H21N2O3+. The van der Waals surface area contributed by atoms with Crippen molar-refractivity contribution in [3.05, 3.63) is 46.0 Å². The van der Waals surface area contributed by atoms with Gasteiger partial charge in [0.1, 0.15) is 6.04 Å². The first-order valence-corrected chi connectivity index (χ1v) is 7.07. The number of aliphatic hydroxyl groups is 1. The largest absolute Gasteiger partial charge is 0.390 e. The Morgan fingerprint density at radius 1 is 1.40 bits per heavy atom. The normalized spacial score (nSPS) is 23.1. The summed E-state index contributed by atoms with van der Waals surface area (Å²) in [5.41, 5.74) is 0.769. The number of hydrogen-bond donors (Lipinski definition) is 2. The number of quaternary nitrogens is 1. The number of aliphatic hydroxyl groups excluding tert-OH is 1. The number of rotatable bonds is 5. The van der Waals surface area contributed by atoms with Gasteiger partial charge in [0, 0.05) is 12.5 Å². The topological polar surface area (TPSA) is 67.8 Å². The van der Waals surface area contributed by atoms with Gasteiger partial charge in [-0.3, -0.25) is 10.1 Å². The lowest BCUT2D eigenvalue weighted by atomic mass is 10.0. The number of nitro groups is 1. The first-order chi connectivity index (χ1) is 9.72. The molecule has 5 nitrogen and oxygen atoms in total. The van der Waals surface area contributed by atoms with Gasteiger partial charge in [-0.1, -0.05) is 12.1 Å². The molecule has 1 fully saturated rings. The Labute approximate surface area is 118 Å². The number of benzene rings is 1. The number of nitrogens with one attached hydrogen (secondary N) is 1. The quantitative estimate of drug-likeness (QED) is 0.624. The standard InChI is InChI=1S/C15H20N2O3/c18-12-14-8-3-4-10-16(14)11-5-7-13-6-1-2-9-15(13)17(19)20/h1-2,5-7,9,14,18H,3-4,8,10-12H2/p+1/b7-5+/t14-/m0/s1. The van der Waals surface area contributed by atoms with Crippen LogP contribution in [0.4, 0.5) is 5.69 Å². The van der Waals surface area contributed by atoms with Crippen molar-refractivity contribution in [1.29, 1.82) is 0 Å². The van der Waals surface area contributed by atoms with Crippen LogP contribution in [0.2, 0.25) is 0 Å². The maximum absolute atomic E-state index is 10.9. The molecule has 1 unspecified atom stereocenters. The summed E-state index contributed by atoms with van der Waals surface area (Å²) < 4.78 is 0. The van der Waals surface area contributed by atoms with Gasteiger partial charge < -0.3 is 10.0 Å². The van der Waals surface area contributed by atoms with Crippen LogP contribution >= 0.6 is 0 Å². The highest BCUT2D eigenvalue weighted by Gasteiger charge is 2.23. The van der Waals surface area contributed by atoms with Crippen molar-refractivity contribution in [2.24, 2.45) is 0 Å². The van der Waals surface area contributed by atoms with Gasteiger partial charge in [0.2, 0.25) is 0 Å². The fourth-order valence-electron chi connectivity index (χ4n) is 2.77. The van der Waals surface area contributed by atoms with Gasteiger partial charge >= 0.3 is 0 Å². The van der Waals surface area contributed by atoms with Crippen molar-refractivity contribution in [2.75, 3.05) is 19.7 Å². The summed E-state index contributed by atoms with van der Waals surface area (Å²) in [6.07, 6.45) is 7.22. The fraction of sp³-hybridized carbons (Fsp3) is 0.467. The Morgan fingerprint density at radius 3 is 2.95 bits per heavy atom. The summed E-state index contributed by atoms with van der Waals surface area (Å²) in [5.74, 6) is 0. The van der Waals surface area contributed by atoms with E-state index in [2.05, 4.69) is 0 Å². The highest BCUT2D eigenvalue weighted by Crippen LogP contribution is 2.18. The number of hydrogen-bond acceptors (Lipinski definition) is 3. The summed E-state index contributed by atoms with van der Waals surface area (Å²) in [4.78, 5) is 11.9. The number of nitro benzene ring substituents is 1. The average molecular weight is 277 g/mol. The second-order valence-corrected chi connectivity index (χ2v) is 5.21. The van der Waals surface area contributed by atoms with Gasteiger partial charge in [-0.15, -0.1) is 0 Å². The maximum atomic E-state index is 10.9. The Balaban J connectivity index is 2.01. The Hall–Kier alpha value is -1.72. The Kier molecular flexibility index (Phi) is 5.26. The summed E-state index contributed by atoms with van der Waals surface area (Å²) >= 11 is 0. The van der Waals surface area contributed by atoms with Crippen LogP contribution in [0, 0.1) is 10.1 Å². The lowest BCUT2D eigenvalue weighted by Crippen LogP contribution is -3.17. The second kappa shape index (κ2) is 7.17. The monoisotopic (exact) mass is 277 g/mol. The first-order valence-electron chi connectivity index (χ1n) is 7.07. The van der Waals surface area contributed by atoms with Crippen molar-refractivity contribution in [2.45, 2.75) is 25.3 Å². The Bertz CT molecular complexity index is 488. The molecule has 1 aromatic carbocycles. The molecule has 0 radical (unpaired) electrons. The molecule has 0 saturated carbocycles. The number of likely N-dealkylation sites (tertiary alicyclic amines) is 1. The minimum absolute atomic E-state index is 0.135. The van der Waals surface area contributed by atoms with Crippen LogP contribution < -0.4 is 4.90 Å². The van der Waals surface area contributed by atoms with Gasteiger partial charge in [-0.2, -0.15) is 0 Å². The highest BCUT2D eigenvalue weighted by atomic mass is 16.6. The van der Waals surface area contributed by atoms with Gasteiger partial charge in [0.25, 0.3) is 5.69 Å². The molecule has 1 saturated heterocycles.